The zero-order valence-corrected chi connectivity index (χ0v) is 13.8. The van der Waals surface area contributed by atoms with Gasteiger partial charge in [0.05, 0.1) is 17.9 Å². The highest BCUT2D eigenvalue weighted by molar-refractivity contribution is 5.98. The lowest BCUT2D eigenvalue weighted by molar-refractivity contribution is 0.0946. The molecule has 1 aromatic carbocycles. The molecule has 1 saturated carbocycles. The third-order valence-electron chi connectivity index (χ3n) is 4.36. The van der Waals surface area contributed by atoms with Crippen LogP contribution in [0.5, 0.6) is 0 Å². The normalized spacial score (nSPS) is 13.8. The summed E-state index contributed by atoms with van der Waals surface area (Å²) in [6.45, 7) is 0.256. The number of hydrogen-bond donors (Lipinski definition) is 1. The molecule has 0 unspecified atom stereocenters. The van der Waals surface area contributed by atoms with Crippen molar-refractivity contribution in [2.24, 2.45) is 7.05 Å². The van der Waals surface area contributed by atoms with Crippen LogP contribution in [0, 0.1) is 5.82 Å². The van der Waals surface area contributed by atoms with Crippen LogP contribution in [0.25, 0.3) is 5.69 Å². The average molecular weight is 339 g/mol. The van der Waals surface area contributed by atoms with E-state index in [4.69, 9.17) is 0 Å². The van der Waals surface area contributed by atoms with Crippen molar-refractivity contribution in [2.45, 2.75) is 25.3 Å². The average Bonchev–Trinajstić information content (AvgIpc) is 3.15. The number of nitrogens with zero attached hydrogens (tertiary/aromatic N) is 4. The topological polar surface area (TPSA) is 64.7 Å². The van der Waals surface area contributed by atoms with Crippen LogP contribution in [-0.4, -0.2) is 25.5 Å². The van der Waals surface area contributed by atoms with E-state index in [1.54, 1.807) is 30.6 Å². The summed E-state index contributed by atoms with van der Waals surface area (Å²) in [5, 5.41) is 11.3. The standard InChI is InChI=1S/C18H18FN5O/c1-23-16(12-6-7-12)10-13(22-23)11-20-18(25)17-14(19)4-2-5-15(17)24-9-3-8-21-24/h2-5,8-10,12H,6-7,11H2,1H3,(H,20,25). The molecule has 128 valence electrons. The van der Waals surface area contributed by atoms with Crippen molar-refractivity contribution in [1.29, 1.82) is 0 Å². The first kappa shape index (κ1) is 15.6. The highest BCUT2D eigenvalue weighted by Crippen LogP contribution is 2.39. The Morgan fingerprint density at radius 1 is 1.36 bits per heavy atom. The number of aryl methyl sites for hydroxylation is 1. The van der Waals surface area contributed by atoms with Crippen molar-refractivity contribution in [3.63, 3.8) is 0 Å². The van der Waals surface area contributed by atoms with Crippen LogP contribution in [0.15, 0.2) is 42.7 Å². The van der Waals surface area contributed by atoms with Crippen LogP contribution in [0.3, 0.4) is 0 Å². The molecule has 1 aliphatic rings. The first-order valence-electron chi connectivity index (χ1n) is 8.23. The predicted octanol–water partition coefficient (Wildman–Crippen LogP) is 2.55. The van der Waals surface area contributed by atoms with Crippen molar-refractivity contribution in [1.82, 2.24) is 24.9 Å². The highest BCUT2D eigenvalue weighted by atomic mass is 19.1. The van der Waals surface area contributed by atoms with E-state index in [1.807, 2.05) is 17.8 Å². The molecule has 2 aromatic heterocycles. The maximum atomic E-state index is 14.3. The van der Waals surface area contributed by atoms with Crippen LogP contribution >= 0.6 is 0 Å². The molecule has 0 saturated heterocycles. The van der Waals surface area contributed by atoms with Gasteiger partial charge in [-0.05, 0) is 37.1 Å². The number of rotatable bonds is 5. The molecule has 4 rings (SSSR count). The number of halogens is 1. The molecule has 25 heavy (non-hydrogen) atoms. The van der Waals surface area contributed by atoms with Gasteiger partial charge in [0.2, 0.25) is 0 Å². The number of benzene rings is 1. The zero-order chi connectivity index (χ0) is 17.4. The molecular weight excluding hydrogens is 321 g/mol. The SMILES string of the molecule is Cn1nc(CNC(=O)c2c(F)cccc2-n2cccn2)cc1C1CC1. The fourth-order valence-electron chi connectivity index (χ4n) is 2.99. The largest absolute Gasteiger partial charge is 0.346 e. The van der Waals surface area contributed by atoms with E-state index in [0.717, 1.165) is 5.69 Å². The van der Waals surface area contributed by atoms with E-state index in [-0.39, 0.29) is 12.1 Å². The number of amides is 1. The minimum atomic E-state index is -0.579. The molecule has 0 aliphatic heterocycles. The van der Waals surface area contributed by atoms with Crippen molar-refractivity contribution in [3.8, 4) is 5.69 Å². The van der Waals surface area contributed by atoms with E-state index in [2.05, 4.69) is 15.5 Å². The summed E-state index contributed by atoms with van der Waals surface area (Å²) in [5.74, 6) is -0.479. The molecule has 0 spiro atoms. The smallest absolute Gasteiger partial charge is 0.256 e. The molecule has 6 nitrogen and oxygen atoms in total. The Bertz CT molecular complexity index is 912. The van der Waals surface area contributed by atoms with Crippen LogP contribution in [-0.2, 0) is 13.6 Å². The van der Waals surface area contributed by atoms with Gasteiger partial charge in [-0.25, -0.2) is 9.07 Å². The number of aromatic nitrogens is 4. The van der Waals surface area contributed by atoms with Crippen LogP contribution in [0.4, 0.5) is 4.39 Å². The van der Waals surface area contributed by atoms with Gasteiger partial charge in [0.15, 0.2) is 0 Å². The molecule has 7 heteroatoms. The lowest BCUT2D eigenvalue weighted by atomic mass is 10.1. The van der Waals surface area contributed by atoms with Gasteiger partial charge in [-0.1, -0.05) is 6.07 Å². The minimum absolute atomic E-state index is 0.0236. The molecule has 3 aromatic rings. The lowest BCUT2D eigenvalue weighted by Crippen LogP contribution is -2.25. The Hall–Kier alpha value is -2.96. The molecule has 1 aliphatic carbocycles. The lowest BCUT2D eigenvalue weighted by Gasteiger charge is -2.10. The number of carbonyl (C=O) groups is 1. The second-order valence-electron chi connectivity index (χ2n) is 6.23. The van der Waals surface area contributed by atoms with E-state index in [1.165, 1.54) is 29.3 Å². The van der Waals surface area contributed by atoms with Gasteiger partial charge in [0.1, 0.15) is 11.4 Å². The van der Waals surface area contributed by atoms with Crippen molar-refractivity contribution in [2.75, 3.05) is 0 Å². The first-order chi connectivity index (χ1) is 12.1. The Balaban J connectivity index is 1.54. The zero-order valence-electron chi connectivity index (χ0n) is 13.8. The number of nitrogens with one attached hydrogen (secondary N) is 1. The Kier molecular flexibility index (Phi) is 3.83. The van der Waals surface area contributed by atoms with E-state index >= 15 is 0 Å². The van der Waals surface area contributed by atoms with Crippen molar-refractivity contribution >= 4 is 5.91 Å². The first-order valence-corrected chi connectivity index (χ1v) is 8.23. The van der Waals surface area contributed by atoms with Gasteiger partial charge >= 0.3 is 0 Å². The summed E-state index contributed by atoms with van der Waals surface area (Å²) in [7, 11) is 1.91. The summed E-state index contributed by atoms with van der Waals surface area (Å²) in [6, 6.07) is 8.22. The predicted molar refractivity (Wildman–Crippen MR) is 89.9 cm³/mol. The summed E-state index contributed by atoms with van der Waals surface area (Å²) in [6.07, 6.45) is 5.63. The fourth-order valence-corrected chi connectivity index (χ4v) is 2.99. The summed E-state index contributed by atoms with van der Waals surface area (Å²) in [4.78, 5) is 12.6. The fraction of sp³-hybridized carbons (Fsp3) is 0.278. The summed E-state index contributed by atoms with van der Waals surface area (Å²) in [5.41, 5.74) is 2.34. The van der Waals surface area contributed by atoms with Crippen LogP contribution in [0.2, 0.25) is 0 Å². The highest BCUT2D eigenvalue weighted by Gasteiger charge is 2.27. The van der Waals surface area contributed by atoms with Gasteiger partial charge in [0.25, 0.3) is 5.91 Å². The quantitative estimate of drug-likeness (QED) is 0.777. The molecule has 1 amide bonds. The molecule has 0 atom stereocenters. The molecule has 1 fully saturated rings. The van der Waals surface area contributed by atoms with E-state index < -0.39 is 11.7 Å². The molecule has 0 radical (unpaired) electrons. The third-order valence-corrected chi connectivity index (χ3v) is 4.36. The molecular formula is C18H18FN5O. The van der Waals surface area contributed by atoms with Crippen LogP contribution in [0.1, 0.15) is 40.5 Å². The maximum absolute atomic E-state index is 14.3. The van der Waals surface area contributed by atoms with Gasteiger partial charge in [-0.15, -0.1) is 0 Å². The van der Waals surface area contributed by atoms with Gasteiger partial charge in [-0.2, -0.15) is 10.2 Å². The Labute approximate surface area is 144 Å². The summed E-state index contributed by atoms with van der Waals surface area (Å²) < 4.78 is 17.6. The monoisotopic (exact) mass is 339 g/mol. The second-order valence-corrected chi connectivity index (χ2v) is 6.23. The Morgan fingerprint density at radius 2 is 2.20 bits per heavy atom. The van der Waals surface area contributed by atoms with E-state index in [9.17, 15) is 9.18 Å². The Morgan fingerprint density at radius 3 is 2.92 bits per heavy atom. The van der Waals surface area contributed by atoms with Gasteiger partial charge in [-0.3, -0.25) is 9.48 Å². The minimum Gasteiger partial charge on any atom is -0.346 e. The maximum Gasteiger partial charge on any atom is 0.256 e. The van der Waals surface area contributed by atoms with Crippen molar-refractivity contribution in [3.05, 3.63) is 65.5 Å². The van der Waals surface area contributed by atoms with Crippen molar-refractivity contribution < 1.29 is 9.18 Å². The van der Waals surface area contributed by atoms with Gasteiger partial charge in [0, 0.05) is 31.1 Å². The molecule has 0 bridgehead atoms. The summed E-state index contributed by atoms with van der Waals surface area (Å²) >= 11 is 0. The third kappa shape index (κ3) is 3.05. The second kappa shape index (κ2) is 6.16. The van der Waals surface area contributed by atoms with Gasteiger partial charge < -0.3 is 5.32 Å². The van der Waals surface area contributed by atoms with E-state index in [0.29, 0.717) is 11.6 Å². The molecule has 2 heterocycles. The molecule has 1 N–H and O–H groups in total. The number of hydrogen-bond acceptors (Lipinski definition) is 3. The van der Waals surface area contributed by atoms with Crippen LogP contribution < -0.4 is 5.32 Å². The number of carbonyl (C=O) groups excluding carboxylic acids is 1.